The lowest BCUT2D eigenvalue weighted by molar-refractivity contribution is 0.278. The third-order valence-electron chi connectivity index (χ3n) is 5.61. The Kier molecular flexibility index (Phi) is 6.44. The summed E-state index contributed by atoms with van der Waals surface area (Å²) in [6.45, 7) is 5.33. The molecule has 4 aromatic rings. The van der Waals surface area contributed by atoms with Gasteiger partial charge in [0.1, 0.15) is 18.2 Å². The first-order chi connectivity index (χ1) is 15.4. The number of benzene rings is 2. The average molecular weight is 431 g/mol. The Balaban J connectivity index is 1.46. The minimum atomic E-state index is -0.199. The number of nitrogens with two attached hydrogens (primary N) is 1. The predicted octanol–water partition coefficient (Wildman–Crippen LogP) is 4.33. The highest BCUT2D eigenvalue weighted by atomic mass is 16.5. The Morgan fingerprint density at radius 3 is 2.66 bits per heavy atom. The second kappa shape index (κ2) is 9.42. The van der Waals surface area contributed by atoms with E-state index in [1.54, 1.807) is 6.07 Å². The molecule has 6 heteroatoms. The topological polar surface area (TPSA) is 96.2 Å². The zero-order valence-electron chi connectivity index (χ0n) is 18.6. The molecule has 0 atom stereocenters. The van der Waals surface area contributed by atoms with Gasteiger partial charge in [0.05, 0.1) is 12.3 Å². The number of aromatic amines is 1. The highest BCUT2D eigenvalue weighted by Gasteiger charge is 2.21. The number of aliphatic hydroxyl groups is 1. The number of aliphatic hydroxyl groups excluding tert-OH is 1. The molecule has 0 bridgehead atoms. The van der Waals surface area contributed by atoms with Crippen molar-refractivity contribution in [3.63, 3.8) is 0 Å². The molecule has 4 rings (SSSR count). The number of hydrogen-bond acceptors (Lipinski definition) is 5. The lowest BCUT2D eigenvalue weighted by Gasteiger charge is -2.26. The van der Waals surface area contributed by atoms with Crippen LogP contribution in [0.5, 0.6) is 5.75 Å². The van der Waals surface area contributed by atoms with Gasteiger partial charge in [-0.2, -0.15) is 0 Å². The van der Waals surface area contributed by atoms with Crippen LogP contribution in [-0.4, -0.2) is 20.6 Å². The maximum atomic E-state index is 9.58. The van der Waals surface area contributed by atoms with Gasteiger partial charge in [-0.05, 0) is 55.7 Å². The molecule has 0 aliphatic rings. The van der Waals surface area contributed by atoms with E-state index in [0.717, 1.165) is 39.9 Å². The molecule has 0 aliphatic carbocycles. The fraction of sp³-hybridized carbons (Fsp3) is 0.269. The van der Waals surface area contributed by atoms with E-state index in [2.05, 4.69) is 59.6 Å². The zero-order chi connectivity index (χ0) is 22.6. The molecule has 0 aliphatic heterocycles. The number of anilines is 1. The smallest absolute Gasteiger partial charge is 0.123 e. The summed E-state index contributed by atoms with van der Waals surface area (Å²) in [5.74, 6) is 1.31. The van der Waals surface area contributed by atoms with E-state index in [4.69, 9.17) is 10.5 Å². The van der Waals surface area contributed by atoms with Gasteiger partial charge < -0.3 is 25.9 Å². The van der Waals surface area contributed by atoms with Crippen LogP contribution in [0.2, 0.25) is 0 Å². The van der Waals surface area contributed by atoms with Gasteiger partial charge >= 0.3 is 0 Å². The van der Waals surface area contributed by atoms with Crippen LogP contribution >= 0.6 is 0 Å². The third kappa shape index (κ3) is 5.28. The van der Waals surface area contributed by atoms with Gasteiger partial charge in [-0.15, -0.1) is 0 Å². The van der Waals surface area contributed by atoms with Gasteiger partial charge in [0.25, 0.3) is 0 Å². The maximum absolute atomic E-state index is 9.58. The Labute approximate surface area is 188 Å². The first-order valence-electron chi connectivity index (χ1n) is 10.8. The van der Waals surface area contributed by atoms with E-state index < -0.39 is 0 Å². The summed E-state index contributed by atoms with van der Waals surface area (Å²) >= 11 is 0. The van der Waals surface area contributed by atoms with E-state index in [-0.39, 0.29) is 12.1 Å². The van der Waals surface area contributed by atoms with Crippen molar-refractivity contribution in [2.24, 2.45) is 0 Å². The summed E-state index contributed by atoms with van der Waals surface area (Å²) in [6.07, 6.45) is 2.87. The lowest BCUT2D eigenvalue weighted by Crippen LogP contribution is -2.41. The van der Waals surface area contributed by atoms with Crippen molar-refractivity contribution in [2.45, 2.75) is 45.6 Å². The van der Waals surface area contributed by atoms with Crippen LogP contribution < -0.4 is 15.8 Å². The summed E-state index contributed by atoms with van der Waals surface area (Å²) in [6, 6.07) is 19.9. The van der Waals surface area contributed by atoms with Crippen LogP contribution in [0.25, 0.3) is 10.9 Å². The molecule has 2 heterocycles. The molecule has 0 saturated heterocycles. The quantitative estimate of drug-likeness (QED) is 0.317. The van der Waals surface area contributed by atoms with Gasteiger partial charge in [0.2, 0.25) is 0 Å². The van der Waals surface area contributed by atoms with Crippen molar-refractivity contribution in [1.29, 1.82) is 0 Å². The lowest BCUT2D eigenvalue weighted by atomic mass is 9.94. The SMILES string of the molecule is CC(C)(Cc1c[nH]c2ccc(OCc3ccccc3)cc12)NCc1nc(N)ccc1CO. The summed E-state index contributed by atoms with van der Waals surface area (Å²) in [7, 11) is 0. The van der Waals surface area contributed by atoms with E-state index >= 15 is 0 Å². The monoisotopic (exact) mass is 430 g/mol. The Morgan fingerprint density at radius 1 is 1.06 bits per heavy atom. The molecule has 32 heavy (non-hydrogen) atoms. The molecule has 2 aromatic heterocycles. The second-order valence-corrected chi connectivity index (χ2v) is 8.71. The minimum Gasteiger partial charge on any atom is -0.489 e. The second-order valence-electron chi connectivity index (χ2n) is 8.71. The van der Waals surface area contributed by atoms with Crippen LogP contribution in [0.15, 0.2) is 66.9 Å². The molecule has 166 valence electrons. The van der Waals surface area contributed by atoms with Crippen molar-refractivity contribution < 1.29 is 9.84 Å². The molecule has 0 spiro atoms. The third-order valence-corrected chi connectivity index (χ3v) is 5.61. The number of nitrogen functional groups attached to an aromatic ring is 1. The number of ether oxygens (including phenoxy) is 1. The molecule has 5 N–H and O–H groups in total. The molecule has 0 fully saturated rings. The minimum absolute atomic E-state index is 0.0566. The van der Waals surface area contributed by atoms with Crippen LogP contribution in [-0.2, 0) is 26.2 Å². The van der Waals surface area contributed by atoms with Crippen molar-refractivity contribution in [3.8, 4) is 5.75 Å². The van der Waals surface area contributed by atoms with Crippen molar-refractivity contribution >= 4 is 16.7 Å². The van der Waals surface area contributed by atoms with Crippen molar-refractivity contribution in [2.75, 3.05) is 5.73 Å². The Morgan fingerprint density at radius 2 is 1.88 bits per heavy atom. The standard InChI is InChI=1S/C26H30N4O2/c1-26(2,29-15-24-19(16-31)8-11-25(27)30-24)13-20-14-28-23-10-9-21(12-22(20)23)32-17-18-6-4-3-5-7-18/h3-12,14,28-29,31H,13,15-17H2,1-2H3,(H2,27,30). The van der Waals surface area contributed by atoms with E-state index in [1.165, 1.54) is 5.56 Å². The fourth-order valence-electron chi connectivity index (χ4n) is 3.84. The number of fused-ring (bicyclic) bond motifs is 1. The van der Waals surface area contributed by atoms with Crippen LogP contribution in [0.4, 0.5) is 5.82 Å². The van der Waals surface area contributed by atoms with E-state index in [9.17, 15) is 5.11 Å². The Hall–Kier alpha value is -3.35. The molecular formula is C26H30N4O2. The number of H-pyrrole nitrogens is 1. The number of nitrogens with zero attached hydrogens (tertiary/aromatic N) is 1. The number of aromatic nitrogens is 2. The van der Waals surface area contributed by atoms with Gasteiger partial charge in [-0.1, -0.05) is 36.4 Å². The number of hydrogen-bond donors (Lipinski definition) is 4. The summed E-state index contributed by atoms with van der Waals surface area (Å²) in [5.41, 5.74) is 10.6. The molecule has 0 radical (unpaired) electrons. The molecule has 6 nitrogen and oxygen atoms in total. The number of pyridine rings is 1. The first-order valence-corrected chi connectivity index (χ1v) is 10.8. The first kappa shape index (κ1) is 21.9. The average Bonchev–Trinajstić information content (AvgIpc) is 3.18. The van der Waals surface area contributed by atoms with E-state index in [0.29, 0.717) is 19.0 Å². The summed E-state index contributed by atoms with van der Waals surface area (Å²) in [5, 5.41) is 14.3. The molecule has 0 saturated carbocycles. The van der Waals surface area contributed by atoms with Crippen LogP contribution in [0.3, 0.4) is 0 Å². The summed E-state index contributed by atoms with van der Waals surface area (Å²) in [4.78, 5) is 7.75. The van der Waals surface area contributed by atoms with E-state index in [1.807, 2.05) is 30.3 Å². The van der Waals surface area contributed by atoms with Crippen molar-refractivity contribution in [3.05, 3.63) is 89.2 Å². The highest BCUT2D eigenvalue weighted by Crippen LogP contribution is 2.27. The molecular weight excluding hydrogens is 400 g/mol. The zero-order valence-corrected chi connectivity index (χ0v) is 18.6. The van der Waals surface area contributed by atoms with Crippen LogP contribution in [0.1, 0.15) is 36.2 Å². The van der Waals surface area contributed by atoms with Gasteiger partial charge in [-0.25, -0.2) is 4.98 Å². The van der Waals surface area contributed by atoms with Gasteiger partial charge in [0.15, 0.2) is 0 Å². The largest absolute Gasteiger partial charge is 0.489 e. The predicted molar refractivity (Wildman–Crippen MR) is 128 cm³/mol. The summed E-state index contributed by atoms with van der Waals surface area (Å²) < 4.78 is 6.02. The molecule has 2 aromatic carbocycles. The number of nitrogens with one attached hydrogen (secondary N) is 2. The van der Waals surface area contributed by atoms with Gasteiger partial charge in [-0.3, -0.25) is 0 Å². The van der Waals surface area contributed by atoms with Crippen molar-refractivity contribution in [1.82, 2.24) is 15.3 Å². The maximum Gasteiger partial charge on any atom is 0.123 e. The van der Waals surface area contributed by atoms with Gasteiger partial charge in [0, 0.05) is 34.7 Å². The Bertz CT molecular complexity index is 1190. The fourth-order valence-corrected chi connectivity index (χ4v) is 3.84. The number of rotatable bonds is 9. The molecule has 0 amide bonds. The molecule has 0 unspecified atom stereocenters. The normalized spacial score (nSPS) is 11.7. The highest BCUT2D eigenvalue weighted by molar-refractivity contribution is 5.84. The van der Waals surface area contributed by atoms with Crippen LogP contribution in [0, 0.1) is 0 Å².